The topological polar surface area (TPSA) is 79.2 Å². The third kappa shape index (κ3) is 4.40. The lowest BCUT2D eigenvalue weighted by molar-refractivity contribution is -0.147. The van der Waals surface area contributed by atoms with Crippen molar-refractivity contribution in [2.45, 2.75) is 24.8 Å². The zero-order valence-electron chi connectivity index (χ0n) is 18.2. The number of amides is 1. The highest BCUT2D eigenvalue weighted by Gasteiger charge is 2.45. The van der Waals surface area contributed by atoms with Crippen molar-refractivity contribution < 1.29 is 14.3 Å². The number of carbonyl (C=O) groups excluding carboxylic acids is 2. The lowest BCUT2D eigenvalue weighted by Gasteiger charge is -2.36. The Balaban J connectivity index is 2.23. The number of rotatable bonds is 8. The van der Waals surface area contributed by atoms with Gasteiger partial charge in [-0.05, 0) is 16.7 Å². The van der Waals surface area contributed by atoms with E-state index in [2.05, 4.69) is 11.4 Å². The molecule has 0 heterocycles. The summed E-state index contributed by atoms with van der Waals surface area (Å²) in [6, 6.07) is 29.6. The summed E-state index contributed by atoms with van der Waals surface area (Å²) in [4.78, 5) is 26.8. The molecule has 3 aromatic carbocycles. The summed E-state index contributed by atoms with van der Waals surface area (Å²) >= 11 is 0. The van der Waals surface area contributed by atoms with Crippen LogP contribution in [0.2, 0.25) is 0 Å². The fraction of sp³-hybridized carbons (Fsp3) is 0.222. The second kappa shape index (κ2) is 10.4. The number of methoxy groups -OCH3 is 1. The van der Waals surface area contributed by atoms with Gasteiger partial charge >= 0.3 is 5.97 Å². The molecule has 5 nitrogen and oxygen atoms in total. The molecule has 32 heavy (non-hydrogen) atoms. The van der Waals surface area contributed by atoms with Gasteiger partial charge < -0.3 is 10.1 Å². The van der Waals surface area contributed by atoms with E-state index < -0.39 is 23.3 Å². The lowest BCUT2D eigenvalue weighted by Crippen LogP contribution is -2.54. The summed E-state index contributed by atoms with van der Waals surface area (Å²) in [5.41, 5.74) is 1.10. The predicted octanol–water partition coefficient (Wildman–Crippen LogP) is 4.23. The van der Waals surface area contributed by atoms with Gasteiger partial charge in [-0.1, -0.05) is 97.9 Å². The van der Waals surface area contributed by atoms with Crippen LogP contribution < -0.4 is 5.32 Å². The molecule has 1 amide bonds. The molecule has 0 unspecified atom stereocenters. The van der Waals surface area contributed by atoms with E-state index in [-0.39, 0.29) is 12.3 Å². The van der Waals surface area contributed by atoms with Crippen molar-refractivity contribution in [3.8, 4) is 6.07 Å². The van der Waals surface area contributed by atoms with E-state index in [0.29, 0.717) is 0 Å². The summed E-state index contributed by atoms with van der Waals surface area (Å²) in [5, 5.41) is 12.1. The third-order valence-electron chi connectivity index (χ3n) is 5.69. The molecule has 0 bridgehead atoms. The monoisotopic (exact) mass is 426 g/mol. The first-order chi connectivity index (χ1) is 15.6. The summed E-state index contributed by atoms with van der Waals surface area (Å²) in [6.07, 6.45) is 0.106. The van der Waals surface area contributed by atoms with Crippen LogP contribution in [0, 0.1) is 17.2 Å². The summed E-state index contributed by atoms with van der Waals surface area (Å²) in [5.74, 6) is -1.36. The molecule has 0 saturated carbocycles. The Morgan fingerprint density at radius 1 is 0.875 bits per heavy atom. The number of nitrogens with one attached hydrogen (secondary N) is 1. The number of carbonyl (C=O) groups is 2. The van der Waals surface area contributed by atoms with E-state index in [1.807, 2.05) is 91.0 Å². The van der Waals surface area contributed by atoms with E-state index >= 15 is 0 Å². The summed E-state index contributed by atoms with van der Waals surface area (Å²) < 4.78 is 4.95. The van der Waals surface area contributed by atoms with Gasteiger partial charge in [-0.2, -0.15) is 5.26 Å². The zero-order valence-corrected chi connectivity index (χ0v) is 18.2. The van der Waals surface area contributed by atoms with Crippen LogP contribution in [0.1, 0.15) is 30.0 Å². The average molecular weight is 427 g/mol. The number of hydrogen-bond acceptors (Lipinski definition) is 4. The maximum atomic E-state index is 14.2. The zero-order chi connectivity index (χ0) is 23.0. The Labute approximate surface area is 188 Å². The number of esters is 1. The predicted molar refractivity (Wildman–Crippen MR) is 123 cm³/mol. The minimum absolute atomic E-state index is 0.106. The summed E-state index contributed by atoms with van der Waals surface area (Å²) in [7, 11) is 1.28. The van der Waals surface area contributed by atoms with Gasteiger partial charge in [-0.25, -0.2) is 4.79 Å². The molecule has 3 aromatic rings. The Bertz CT molecular complexity index is 979. The quantitative estimate of drug-likeness (QED) is 0.432. The van der Waals surface area contributed by atoms with Gasteiger partial charge in [0.2, 0.25) is 5.91 Å². The fourth-order valence-corrected chi connectivity index (χ4v) is 4.03. The lowest BCUT2D eigenvalue weighted by atomic mass is 9.68. The molecule has 0 aliphatic rings. The maximum Gasteiger partial charge on any atom is 0.328 e. The molecular formula is C27H26N2O3. The van der Waals surface area contributed by atoms with Gasteiger partial charge in [0.15, 0.2) is 0 Å². The smallest absolute Gasteiger partial charge is 0.328 e. The summed E-state index contributed by atoms with van der Waals surface area (Å²) in [6.45, 7) is 1.75. The van der Waals surface area contributed by atoms with Gasteiger partial charge in [0.05, 0.1) is 13.2 Å². The van der Waals surface area contributed by atoms with Crippen molar-refractivity contribution in [2.75, 3.05) is 7.11 Å². The van der Waals surface area contributed by atoms with Crippen LogP contribution in [0.4, 0.5) is 0 Å². The Morgan fingerprint density at radius 2 is 1.28 bits per heavy atom. The van der Waals surface area contributed by atoms with Crippen LogP contribution in [0.25, 0.3) is 0 Å². The maximum absolute atomic E-state index is 14.2. The van der Waals surface area contributed by atoms with Crippen molar-refractivity contribution in [1.82, 2.24) is 5.32 Å². The Hall–Kier alpha value is -3.91. The highest BCUT2D eigenvalue weighted by atomic mass is 16.5. The van der Waals surface area contributed by atoms with Gasteiger partial charge in [0.25, 0.3) is 0 Å². The number of benzene rings is 3. The molecule has 2 atom stereocenters. The standard InChI is InChI=1S/C27H26N2O3/c1-20(18-19-28)24(25(30)32-2)29-26(31)27(21-12-6-3-7-13-21,22-14-8-4-9-15-22)23-16-10-5-11-17-23/h3-17,20,24H,18H2,1-2H3,(H,29,31)/t20-,24+/m1/s1. The molecule has 0 saturated heterocycles. The third-order valence-corrected chi connectivity index (χ3v) is 5.69. The minimum Gasteiger partial charge on any atom is -0.467 e. The van der Waals surface area contributed by atoms with Gasteiger partial charge in [-0.15, -0.1) is 0 Å². The molecule has 5 heteroatoms. The number of hydrogen-bond donors (Lipinski definition) is 1. The molecule has 0 aromatic heterocycles. The van der Waals surface area contributed by atoms with E-state index in [1.54, 1.807) is 6.92 Å². The van der Waals surface area contributed by atoms with E-state index in [4.69, 9.17) is 10.00 Å². The molecule has 0 spiro atoms. The average Bonchev–Trinajstić information content (AvgIpc) is 2.84. The van der Waals surface area contributed by atoms with E-state index in [1.165, 1.54) is 7.11 Å². The highest BCUT2D eigenvalue weighted by Crippen LogP contribution is 2.39. The SMILES string of the molecule is COC(=O)[C@@H](NC(=O)C(c1ccccc1)(c1ccccc1)c1ccccc1)[C@H](C)CC#N. The number of nitriles is 1. The molecule has 0 aliphatic carbocycles. The Kier molecular flexibility index (Phi) is 7.41. The van der Waals surface area contributed by atoms with Gasteiger partial charge in [0.1, 0.15) is 11.5 Å². The van der Waals surface area contributed by atoms with Crippen LogP contribution in [-0.2, 0) is 19.7 Å². The number of nitrogens with zero attached hydrogens (tertiary/aromatic N) is 1. The van der Waals surface area contributed by atoms with Gasteiger partial charge in [-0.3, -0.25) is 4.79 Å². The molecule has 162 valence electrons. The second-order valence-corrected chi connectivity index (χ2v) is 7.66. The van der Waals surface area contributed by atoms with Gasteiger partial charge in [0, 0.05) is 12.3 Å². The highest BCUT2D eigenvalue weighted by molar-refractivity contribution is 5.98. The fourth-order valence-electron chi connectivity index (χ4n) is 4.03. The van der Waals surface area contributed by atoms with E-state index in [9.17, 15) is 9.59 Å². The first-order valence-corrected chi connectivity index (χ1v) is 10.5. The van der Waals surface area contributed by atoms with Crippen molar-refractivity contribution in [1.29, 1.82) is 5.26 Å². The molecular weight excluding hydrogens is 400 g/mol. The van der Waals surface area contributed by atoms with Crippen LogP contribution in [-0.4, -0.2) is 25.0 Å². The van der Waals surface area contributed by atoms with Crippen molar-refractivity contribution in [3.63, 3.8) is 0 Å². The van der Waals surface area contributed by atoms with Crippen LogP contribution in [0.3, 0.4) is 0 Å². The van der Waals surface area contributed by atoms with E-state index in [0.717, 1.165) is 16.7 Å². The van der Waals surface area contributed by atoms with Crippen molar-refractivity contribution in [3.05, 3.63) is 108 Å². The van der Waals surface area contributed by atoms with Crippen LogP contribution in [0.15, 0.2) is 91.0 Å². The molecule has 0 fully saturated rings. The van der Waals surface area contributed by atoms with Crippen molar-refractivity contribution in [2.24, 2.45) is 5.92 Å². The molecule has 3 rings (SSSR count). The number of ether oxygens (including phenoxy) is 1. The largest absolute Gasteiger partial charge is 0.467 e. The molecule has 0 aliphatic heterocycles. The van der Waals surface area contributed by atoms with Crippen LogP contribution >= 0.6 is 0 Å². The normalized spacial score (nSPS) is 12.8. The first kappa shape index (κ1) is 22.8. The minimum atomic E-state index is -1.21. The van der Waals surface area contributed by atoms with Crippen molar-refractivity contribution >= 4 is 11.9 Å². The second-order valence-electron chi connectivity index (χ2n) is 7.66. The molecule has 1 N–H and O–H groups in total. The van der Waals surface area contributed by atoms with Crippen LogP contribution in [0.5, 0.6) is 0 Å². The molecule has 0 radical (unpaired) electrons. The Morgan fingerprint density at radius 3 is 1.62 bits per heavy atom. The first-order valence-electron chi connectivity index (χ1n) is 10.5.